The van der Waals surface area contributed by atoms with E-state index in [-0.39, 0.29) is 0 Å². The summed E-state index contributed by atoms with van der Waals surface area (Å²) >= 11 is 7.29. The first kappa shape index (κ1) is 17.0. The number of nitrogens with zero attached hydrogens (tertiary/aromatic N) is 1. The van der Waals surface area contributed by atoms with Gasteiger partial charge in [-0.15, -0.1) is 23.1 Å². The van der Waals surface area contributed by atoms with Crippen LogP contribution in [-0.4, -0.2) is 11.5 Å². The lowest BCUT2D eigenvalue weighted by molar-refractivity contribution is 0.676. The van der Waals surface area contributed by atoms with E-state index in [0.717, 1.165) is 29.7 Å². The highest BCUT2D eigenvalue weighted by Gasteiger charge is 2.10. The summed E-state index contributed by atoms with van der Waals surface area (Å²) in [5.41, 5.74) is 1.26. The highest BCUT2D eigenvalue weighted by molar-refractivity contribution is 9.10. The van der Waals surface area contributed by atoms with Crippen molar-refractivity contribution in [3.63, 3.8) is 0 Å². The zero-order valence-electron chi connectivity index (χ0n) is 12.5. The fourth-order valence-electron chi connectivity index (χ4n) is 1.99. The second-order valence-electron chi connectivity index (χ2n) is 4.73. The topological polar surface area (TPSA) is 24.9 Å². The van der Waals surface area contributed by atoms with E-state index < -0.39 is 0 Å². The largest absolute Gasteiger partial charge is 0.312 e. The summed E-state index contributed by atoms with van der Waals surface area (Å²) in [6.45, 7) is 6.40. The first-order valence-electron chi connectivity index (χ1n) is 7.30. The molecule has 1 N–H and O–H groups in total. The number of thioether (sulfide) groups is 1. The molecule has 2 aromatic rings. The zero-order valence-corrected chi connectivity index (χ0v) is 15.7. The summed E-state index contributed by atoms with van der Waals surface area (Å²) in [4.78, 5) is 7.47. The third-order valence-corrected chi connectivity index (χ3v) is 6.38. The third-order valence-electron chi connectivity index (χ3n) is 3.06. The normalized spacial score (nSPS) is 11.0. The van der Waals surface area contributed by atoms with Crippen LogP contribution in [0, 0.1) is 0 Å². The third kappa shape index (κ3) is 5.09. The quantitative estimate of drug-likeness (QED) is 0.496. The van der Waals surface area contributed by atoms with E-state index in [9.17, 15) is 0 Å². The van der Waals surface area contributed by atoms with Gasteiger partial charge in [0.2, 0.25) is 0 Å². The minimum absolute atomic E-state index is 0.939. The van der Waals surface area contributed by atoms with Gasteiger partial charge in [-0.3, -0.25) is 0 Å². The van der Waals surface area contributed by atoms with Gasteiger partial charge < -0.3 is 5.32 Å². The molecule has 1 aromatic heterocycles. The Hall–Kier alpha value is -0.360. The average Bonchev–Trinajstić information content (AvgIpc) is 2.89. The van der Waals surface area contributed by atoms with Gasteiger partial charge in [0.15, 0.2) is 0 Å². The average molecular weight is 385 g/mol. The molecule has 2 nitrogen and oxygen atoms in total. The number of halogens is 1. The van der Waals surface area contributed by atoms with Crippen molar-refractivity contribution in [1.29, 1.82) is 0 Å². The van der Waals surface area contributed by atoms with Gasteiger partial charge in [-0.05, 0) is 47.4 Å². The van der Waals surface area contributed by atoms with Gasteiger partial charge in [0, 0.05) is 20.8 Å². The minimum atomic E-state index is 0.939. The molecular formula is C16H21BrN2S2. The maximum absolute atomic E-state index is 4.79. The molecule has 0 bridgehead atoms. The van der Waals surface area contributed by atoms with Crippen molar-refractivity contribution in [2.75, 3.05) is 6.54 Å². The monoisotopic (exact) mass is 384 g/mol. The maximum atomic E-state index is 4.79. The van der Waals surface area contributed by atoms with Gasteiger partial charge in [0.25, 0.3) is 0 Å². The fraction of sp³-hybridized carbons (Fsp3) is 0.438. The van der Waals surface area contributed by atoms with Gasteiger partial charge in [0.1, 0.15) is 5.01 Å². The fourth-order valence-corrected chi connectivity index (χ4v) is 4.68. The van der Waals surface area contributed by atoms with Gasteiger partial charge in [0.05, 0.1) is 11.4 Å². The predicted octanol–water partition coefficient (Wildman–Crippen LogP) is 5.26. The number of hydrogen-bond donors (Lipinski definition) is 1. The molecule has 0 unspecified atom stereocenters. The smallest absolute Gasteiger partial charge is 0.103 e. The lowest BCUT2D eigenvalue weighted by atomic mass is 10.3. The molecule has 0 amide bonds. The molecule has 1 heterocycles. The standard InChI is InChI=1S/C16H21BrN2S2/c1-3-9-18-10-15-13(4-2)19-16(21-15)11-20-14-8-6-5-7-12(14)17/h5-8,18H,3-4,9-11H2,1-2H3. The second-order valence-corrected chi connectivity index (χ2v) is 7.77. The maximum Gasteiger partial charge on any atom is 0.103 e. The summed E-state index contributed by atoms with van der Waals surface area (Å²) < 4.78 is 1.16. The Kier molecular flexibility index (Phi) is 7.23. The minimum Gasteiger partial charge on any atom is -0.312 e. The lowest BCUT2D eigenvalue weighted by Gasteiger charge is -2.01. The summed E-state index contributed by atoms with van der Waals surface area (Å²) in [7, 11) is 0. The summed E-state index contributed by atoms with van der Waals surface area (Å²) in [5, 5.41) is 4.70. The van der Waals surface area contributed by atoms with Crippen molar-refractivity contribution < 1.29 is 0 Å². The van der Waals surface area contributed by atoms with Crippen LogP contribution in [0.1, 0.15) is 35.8 Å². The molecule has 0 spiro atoms. The van der Waals surface area contributed by atoms with Gasteiger partial charge in [-0.1, -0.05) is 26.0 Å². The van der Waals surface area contributed by atoms with Crippen LogP contribution in [0.5, 0.6) is 0 Å². The molecule has 0 radical (unpaired) electrons. The molecular weight excluding hydrogens is 364 g/mol. The zero-order chi connectivity index (χ0) is 15.1. The van der Waals surface area contributed by atoms with E-state index in [1.807, 2.05) is 29.2 Å². The number of aromatic nitrogens is 1. The molecule has 0 atom stereocenters. The summed E-state index contributed by atoms with van der Waals surface area (Å²) in [5.74, 6) is 0.939. The number of rotatable bonds is 8. The molecule has 5 heteroatoms. The van der Waals surface area contributed by atoms with Crippen molar-refractivity contribution in [2.24, 2.45) is 0 Å². The number of hydrogen-bond acceptors (Lipinski definition) is 4. The Morgan fingerprint density at radius 3 is 2.81 bits per heavy atom. The van der Waals surface area contributed by atoms with Crippen molar-refractivity contribution in [2.45, 2.75) is 43.9 Å². The van der Waals surface area contributed by atoms with Crippen LogP contribution in [0.25, 0.3) is 0 Å². The highest BCUT2D eigenvalue weighted by atomic mass is 79.9. The first-order valence-corrected chi connectivity index (χ1v) is 9.89. The molecule has 0 fully saturated rings. The molecule has 0 saturated heterocycles. The van der Waals surface area contributed by atoms with Crippen LogP contribution >= 0.6 is 39.0 Å². The first-order chi connectivity index (χ1) is 10.2. The van der Waals surface area contributed by atoms with Crippen LogP contribution < -0.4 is 5.32 Å². The number of aryl methyl sites for hydroxylation is 1. The van der Waals surface area contributed by atoms with E-state index in [4.69, 9.17) is 4.98 Å². The van der Waals surface area contributed by atoms with Gasteiger partial charge >= 0.3 is 0 Å². The van der Waals surface area contributed by atoms with Gasteiger partial charge in [-0.25, -0.2) is 4.98 Å². The summed E-state index contributed by atoms with van der Waals surface area (Å²) in [6, 6.07) is 8.35. The molecule has 114 valence electrons. The number of nitrogens with one attached hydrogen (secondary N) is 1. The van der Waals surface area contributed by atoms with Crippen molar-refractivity contribution in [1.82, 2.24) is 10.3 Å². The lowest BCUT2D eigenvalue weighted by Crippen LogP contribution is -2.13. The Morgan fingerprint density at radius 2 is 2.10 bits per heavy atom. The molecule has 1 aromatic carbocycles. The Bertz CT molecular complexity index is 569. The van der Waals surface area contributed by atoms with Crippen molar-refractivity contribution >= 4 is 39.0 Å². The Balaban J connectivity index is 1.98. The van der Waals surface area contributed by atoms with Crippen LogP contribution in [0.3, 0.4) is 0 Å². The van der Waals surface area contributed by atoms with Crippen LogP contribution in [0.15, 0.2) is 33.6 Å². The van der Waals surface area contributed by atoms with Gasteiger partial charge in [-0.2, -0.15) is 0 Å². The number of thiazole rings is 1. The second kappa shape index (κ2) is 8.93. The highest BCUT2D eigenvalue weighted by Crippen LogP contribution is 2.31. The molecule has 2 rings (SSSR count). The van der Waals surface area contributed by atoms with E-state index in [1.165, 1.54) is 26.9 Å². The molecule has 21 heavy (non-hydrogen) atoms. The predicted molar refractivity (Wildman–Crippen MR) is 97.2 cm³/mol. The van der Waals surface area contributed by atoms with Crippen molar-refractivity contribution in [3.8, 4) is 0 Å². The van der Waals surface area contributed by atoms with E-state index in [0.29, 0.717) is 0 Å². The Morgan fingerprint density at radius 1 is 1.29 bits per heavy atom. The van der Waals surface area contributed by atoms with E-state index >= 15 is 0 Å². The van der Waals surface area contributed by atoms with Crippen LogP contribution in [0.2, 0.25) is 0 Å². The molecule has 0 aliphatic heterocycles. The van der Waals surface area contributed by atoms with Crippen LogP contribution in [-0.2, 0) is 18.7 Å². The van der Waals surface area contributed by atoms with Crippen LogP contribution in [0.4, 0.5) is 0 Å². The number of benzene rings is 1. The SMILES string of the molecule is CCCNCc1sc(CSc2ccccc2Br)nc1CC. The van der Waals surface area contributed by atoms with Crippen molar-refractivity contribution in [3.05, 3.63) is 44.3 Å². The van der Waals surface area contributed by atoms with E-state index in [2.05, 4.69) is 53.3 Å². The summed E-state index contributed by atoms with van der Waals surface area (Å²) in [6.07, 6.45) is 2.18. The molecule has 0 aliphatic rings. The Labute approximate surface area is 143 Å². The van der Waals surface area contributed by atoms with E-state index in [1.54, 1.807) is 0 Å². The molecule has 0 saturated carbocycles. The molecule has 0 aliphatic carbocycles.